The molecule has 0 aliphatic rings. The van der Waals surface area contributed by atoms with Crippen molar-refractivity contribution < 1.29 is 9.32 Å². The molecule has 82 valence electrons. The first-order valence-corrected chi connectivity index (χ1v) is 5.26. The van der Waals surface area contributed by atoms with Gasteiger partial charge in [0.1, 0.15) is 5.69 Å². The third-order valence-corrected chi connectivity index (χ3v) is 2.60. The van der Waals surface area contributed by atoms with E-state index in [1.165, 1.54) is 6.07 Å². The van der Waals surface area contributed by atoms with Crippen LogP contribution in [0, 0.1) is 6.92 Å². The third kappa shape index (κ3) is 2.10. The van der Waals surface area contributed by atoms with Gasteiger partial charge in [-0.15, -0.1) is 0 Å². The van der Waals surface area contributed by atoms with Crippen LogP contribution in [0.25, 0.3) is 11.3 Å². The fraction of sp³-hybridized carbons (Fsp3) is 0.0909. The zero-order chi connectivity index (χ0) is 11.7. The molecule has 0 radical (unpaired) electrons. The maximum Gasteiger partial charge on any atom is 0.290 e. The lowest BCUT2D eigenvalue weighted by Crippen LogP contribution is -1.83. The Morgan fingerprint density at radius 3 is 2.75 bits per heavy atom. The highest BCUT2D eigenvalue weighted by atomic mass is 35.5. The summed E-state index contributed by atoms with van der Waals surface area (Å²) < 4.78 is 4.80. The largest absolute Gasteiger partial charge is 0.351 e. The maximum atomic E-state index is 10.8. The van der Waals surface area contributed by atoms with Crippen LogP contribution in [0.3, 0.4) is 0 Å². The standard InChI is InChI=1S/C11H7Cl2NO2/c1-6-2-3-7(12)4-8(6)9-5-10(11(13)15)16-14-9/h2-5H,1H3. The van der Waals surface area contributed by atoms with Gasteiger partial charge in [0.25, 0.3) is 5.24 Å². The number of nitrogens with zero attached hydrogens (tertiary/aromatic N) is 1. The van der Waals surface area contributed by atoms with E-state index in [1.54, 1.807) is 12.1 Å². The number of carbonyl (C=O) groups is 1. The van der Waals surface area contributed by atoms with Gasteiger partial charge in [-0.25, -0.2) is 0 Å². The molecule has 0 saturated heterocycles. The number of aryl methyl sites for hydroxylation is 1. The Morgan fingerprint density at radius 2 is 2.12 bits per heavy atom. The summed E-state index contributed by atoms with van der Waals surface area (Å²) in [5, 5.41) is 3.70. The van der Waals surface area contributed by atoms with Gasteiger partial charge in [0.05, 0.1) is 0 Å². The Hall–Kier alpha value is -1.32. The van der Waals surface area contributed by atoms with Crippen LogP contribution in [0.5, 0.6) is 0 Å². The van der Waals surface area contributed by atoms with E-state index in [0.29, 0.717) is 10.7 Å². The topological polar surface area (TPSA) is 43.1 Å². The summed E-state index contributed by atoms with van der Waals surface area (Å²) >= 11 is 11.2. The number of hydrogen-bond donors (Lipinski definition) is 0. The van der Waals surface area contributed by atoms with E-state index in [1.807, 2.05) is 13.0 Å². The van der Waals surface area contributed by atoms with Crippen molar-refractivity contribution >= 4 is 28.4 Å². The normalized spacial score (nSPS) is 10.4. The lowest BCUT2D eigenvalue weighted by Gasteiger charge is -2.01. The zero-order valence-electron chi connectivity index (χ0n) is 8.33. The average Bonchev–Trinajstić information content (AvgIpc) is 2.70. The molecule has 1 aromatic heterocycles. The second-order valence-corrected chi connectivity index (χ2v) is 4.09. The van der Waals surface area contributed by atoms with E-state index in [2.05, 4.69) is 5.16 Å². The van der Waals surface area contributed by atoms with Crippen LogP contribution in [0.4, 0.5) is 0 Å². The number of hydrogen-bond acceptors (Lipinski definition) is 3. The minimum Gasteiger partial charge on any atom is -0.351 e. The molecule has 0 spiro atoms. The first kappa shape index (κ1) is 11.2. The molecule has 0 fully saturated rings. The second kappa shape index (κ2) is 4.28. The van der Waals surface area contributed by atoms with Gasteiger partial charge in [-0.05, 0) is 36.2 Å². The fourth-order valence-corrected chi connectivity index (χ4v) is 1.63. The lowest BCUT2D eigenvalue weighted by atomic mass is 10.1. The molecule has 1 heterocycles. The van der Waals surface area contributed by atoms with Gasteiger partial charge in [0.2, 0.25) is 5.76 Å². The molecule has 0 bridgehead atoms. The predicted molar refractivity (Wildman–Crippen MR) is 61.9 cm³/mol. The Labute approximate surface area is 102 Å². The Kier molecular flexibility index (Phi) is 2.99. The molecule has 0 N–H and O–H groups in total. The molecule has 0 atom stereocenters. The highest BCUT2D eigenvalue weighted by molar-refractivity contribution is 6.67. The summed E-state index contributed by atoms with van der Waals surface area (Å²) in [7, 11) is 0. The van der Waals surface area contributed by atoms with Crippen LogP contribution >= 0.6 is 23.2 Å². The molecule has 0 aliphatic heterocycles. The van der Waals surface area contributed by atoms with Crippen molar-refractivity contribution in [2.45, 2.75) is 6.92 Å². The van der Waals surface area contributed by atoms with Gasteiger partial charge in [0.15, 0.2) is 0 Å². The van der Waals surface area contributed by atoms with Crippen LogP contribution in [0.15, 0.2) is 28.8 Å². The number of halogens is 2. The number of benzene rings is 1. The summed E-state index contributed by atoms with van der Waals surface area (Å²) in [5.74, 6) is 0.0241. The Bertz CT molecular complexity index is 549. The molecule has 3 nitrogen and oxygen atoms in total. The van der Waals surface area contributed by atoms with Gasteiger partial charge in [-0.1, -0.05) is 22.8 Å². The maximum absolute atomic E-state index is 10.8. The summed E-state index contributed by atoms with van der Waals surface area (Å²) in [6.07, 6.45) is 0. The van der Waals surface area contributed by atoms with Crippen molar-refractivity contribution in [1.82, 2.24) is 5.16 Å². The third-order valence-electron chi connectivity index (χ3n) is 2.18. The summed E-state index contributed by atoms with van der Waals surface area (Å²) in [6.45, 7) is 1.92. The van der Waals surface area contributed by atoms with Gasteiger partial charge in [0, 0.05) is 16.7 Å². The molecule has 5 heteroatoms. The highest BCUT2D eigenvalue weighted by Crippen LogP contribution is 2.26. The van der Waals surface area contributed by atoms with Gasteiger partial charge in [-0.2, -0.15) is 0 Å². The molecular formula is C11H7Cl2NO2. The zero-order valence-corrected chi connectivity index (χ0v) is 9.84. The first-order valence-electron chi connectivity index (χ1n) is 4.51. The predicted octanol–water partition coefficient (Wildman–Crippen LogP) is 3.68. The van der Waals surface area contributed by atoms with Crippen LogP contribution in [0.2, 0.25) is 5.02 Å². The SMILES string of the molecule is Cc1ccc(Cl)cc1-c1cc(C(=O)Cl)on1. The van der Waals surface area contributed by atoms with Crippen molar-refractivity contribution in [3.63, 3.8) is 0 Å². The molecule has 1 aromatic carbocycles. The average molecular weight is 256 g/mol. The van der Waals surface area contributed by atoms with Gasteiger partial charge < -0.3 is 4.52 Å². The smallest absolute Gasteiger partial charge is 0.290 e. The molecule has 0 amide bonds. The summed E-state index contributed by atoms with van der Waals surface area (Å²) in [5.41, 5.74) is 2.36. The quantitative estimate of drug-likeness (QED) is 0.769. The monoisotopic (exact) mass is 255 g/mol. The fourth-order valence-electron chi connectivity index (χ4n) is 1.36. The molecule has 0 saturated carbocycles. The van der Waals surface area contributed by atoms with E-state index in [0.717, 1.165) is 11.1 Å². The molecule has 16 heavy (non-hydrogen) atoms. The highest BCUT2D eigenvalue weighted by Gasteiger charge is 2.13. The van der Waals surface area contributed by atoms with Crippen LogP contribution in [-0.4, -0.2) is 10.4 Å². The summed E-state index contributed by atoms with van der Waals surface area (Å²) in [4.78, 5) is 10.8. The van der Waals surface area contributed by atoms with Crippen molar-refractivity contribution in [2.75, 3.05) is 0 Å². The molecular weight excluding hydrogens is 249 g/mol. The van der Waals surface area contributed by atoms with Crippen molar-refractivity contribution in [1.29, 1.82) is 0 Å². The minimum absolute atomic E-state index is 0.0241. The van der Waals surface area contributed by atoms with E-state index < -0.39 is 5.24 Å². The summed E-state index contributed by atoms with van der Waals surface area (Å²) in [6, 6.07) is 6.91. The van der Waals surface area contributed by atoms with Crippen LogP contribution in [-0.2, 0) is 0 Å². The lowest BCUT2D eigenvalue weighted by molar-refractivity contribution is 0.104. The van der Waals surface area contributed by atoms with E-state index in [9.17, 15) is 4.79 Å². The molecule has 0 unspecified atom stereocenters. The van der Waals surface area contributed by atoms with Crippen LogP contribution in [0.1, 0.15) is 16.1 Å². The first-order chi connectivity index (χ1) is 7.58. The van der Waals surface area contributed by atoms with Crippen molar-refractivity contribution in [3.05, 3.63) is 40.6 Å². The van der Waals surface area contributed by atoms with Gasteiger partial charge >= 0.3 is 0 Å². The minimum atomic E-state index is -0.668. The Balaban J connectivity index is 2.50. The second-order valence-electron chi connectivity index (χ2n) is 3.31. The molecule has 2 rings (SSSR count). The van der Waals surface area contributed by atoms with E-state index >= 15 is 0 Å². The molecule has 2 aromatic rings. The number of rotatable bonds is 2. The Morgan fingerprint density at radius 1 is 1.38 bits per heavy atom. The van der Waals surface area contributed by atoms with Crippen molar-refractivity contribution in [2.24, 2.45) is 0 Å². The van der Waals surface area contributed by atoms with Crippen molar-refractivity contribution in [3.8, 4) is 11.3 Å². The van der Waals surface area contributed by atoms with Gasteiger partial charge in [-0.3, -0.25) is 4.79 Å². The van der Waals surface area contributed by atoms with E-state index in [-0.39, 0.29) is 5.76 Å². The van der Waals surface area contributed by atoms with E-state index in [4.69, 9.17) is 27.7 Å². The van der Waals surface area contributed by atoms with Crippen LogP contribution < -0.4 is 0 Å². The number of carbonyl (C=O) groups excluding carboxylic acids is 1. The number of aromatic nitrogens is 1. The molecule has 0 aliphatic carbocycles.